The summed E-state index contributed by atoms with van der Waals surface area (Å²) < 4.78 is 0. The maximum atomic E-state index is 13.6. The fraction of sp³-hybridized carbons (Fsp3) is 0.370. The molecule has 2 aliphatic rings. The number of carbonyl (C=O) groups excluding carboxylic acids is 2. The first-order valence-corrected chi connectivity index (χ1v) is 12.2. The van der Waals surface area contributed by atoms with Crippen molar-refractivity contribution in [1.82, 2.24) is 24.8 Å². The van der Waals surface area contributed by atoms with Gasteiger partial charge in [0.05, 0.1) is 0 Å². The molecule has 2 atom stereocenters. The predicted molar refractivity (Wildman–Crippen MR) is 132 cm³/mol. The predicted octanol–water partition coefficient (Wildman–Crippen LogP) is 3.30. The van der Waals surface area contributed by atoms with Gasteiger partial charge in [-0.1, -0.05) is 24.3 Å². The normalized spacial score (nSPS) is 20.7. The average molecular weight is 471 g/mol. The van der Waals surface area contributed by atoms with Gasteiger partial charge in [0.15, 0.2) is 0 Å². The van der Waals surface area contributed by atoms with Crippen LogP contribution in [0.3, 0.4) is 0 Å². The lowest BCUT2D eigenvalue weighted by molar-refractivity contribution is -0.116. The van der Waals surface area contributed by atoms with E-state index in [2.05, 4.69) is 25.9 Å². The Bertz CT molecular complexity index is 1170. The number of anilines is 1. The van der Waals surface area contributed by atoms with E-state index < -0.39 is 0 Å². The largest absolute Gasteiger partial charge is 0.330 e. The van der Waals surface area contributed by atoms with E-state index in [9.17, 15) is 9.59 Å². The van der Waals surface area contributed by atoms with Crippen LogP contribution in [0.4, 0.5) is 5.69 Å². The van der Waals surface area contributed by atoms with Crippen LogP contribution in [0.1, 0.15) is 47.9 Å². The third-order valence-electron chi connectivity index (χ3n) is 7.04. The number of fused-ring (bicyclic) bond motifs is 3. The fourth-order valence-electron chi connectivity index (χ4n) is 5.35. The molecule has 1 aromatic carbocycles. The number of hydrogen-bond donors (Lipinski definition) is 0. The Labute approximate surface area is 205 Å². The van der Waals surface area contributed by atoms with Crippen LogP contribution < -0.4 is 4.90 Å². The monoisotopic (exact) mass is 470 g/mol. The summed E-state index contributed by atoms with van der Waals surface area (Å²) in [6.45, 7) is 3.98. The summed E-state index contributed by atoms with van der Waals surface area (Å²) in [5, 5.41) is 0. The van der Waals surface area contributed by atoms with E-state index in [0.29, 0.717) is 25.7 Å². The number of para-hydroxylation sites is 1. The zero-order valence-electron chi connectivity index (χ0n) is 20.0. The third-order valence-corrected chi connectivity index (χ3v) is 7.04. The molecule has 1 fully saturated rings. The molecule has 0 spiro atoms. The van der Waals surface area contributed by atoms with Gasteiger partial charge in [0, 0.05) is 75.7 Å². The lowest BCUT2D eigenvalue weighted by atomic mass is 10.1. The Hall–Kier alpha value is -3.65. The quantitative estimate of drug-likeness (QED) is 0.584. The zero-order valence-corrected chi connectivity index (χ0v) is 20.0. The smallest absolute Gasteiger partial charge is 0.292 e. The number of aromatic nitrogens is 3. The maximum Gasteiger partial charge on any atom is 0.292 e. The van der Waals surface area contributed by atoms with Crippen molar-refractivity contribution in [3.8, 4) is 0 Å². The molecule has 0 N–H and O–H groups in total. The Balaban J connectivity index is 1.53. The fourth-order valence-corrected chi connectivity index (χ4v) is 5.35. The third kappa shape index (κ3) is 5.07. The van der Waals surface area contributed by atoms with Crippen molar-refractivity contribution in [1.29, 1.82) is 0 Å². The number of pyridine rings is 1. The molecule has 2 unspecified atom stereocenters. The summed E-state index contributed by atoms with van der Waals surface area (Å²) in [6, 6.07) is 14.2. The number of amides is 2. The molecule has 2 amide bonds. The Morgan fingerprint density at radius 3 is 2.51 bits per heavy atom. The van der Waals surface area contributed by atoms with Gasteiger partial charge in [-0.05, 0) is 48.6 Å². The van der Waals surface area contributed by atoms with Gasteiger partial charge < -0.3 is 9.80 Å². The molecule has 2 bridgehead atoms. The average Bonchev–Trinajstić information content (AvgIpc) is 3.24. The van der Waals surface area contributed by atoms with Crippen LogP contribution in [-0.4, -0.2) is 61.7 Å². The molecule has 1 saturated heterocycles. The van der Waals surface area contributed by atoms with Gasteiger partial charge in [-0.2, -0.15) is 0 Å². The van der Waals surface area contributed by atoms with Gasteiger partial charge in [-0.3, -0.25) is 19.5 Å². The Morgan fingerprint density at radius 1 is 0.943 bits per heavy atom. The molecular weight excluding hydrogens is 440 g/mol. The van der Waals surface area contributed by atoms with Crippen LogP contribution in [0, 0.1) is 0 Å². The van der Waals surface area contributed by atoms with Gasteiger partial charge in [-0.15, -0.1) is 0 Å². The molecule has 0 saturated carbocycles. The maximum absolute atomic E-state index is 13.6. The van der Waals surface area contributed by atoms with Crippen molar-refractivity contribution in [3.05, 3.63) is 84.2 Å². The number of benzene rings is 1. The lowest BCUT2D eigenvalue weighted by Crippen LogP contribution is -2.45. The van der Waals surface area contributed by atoms with Crippen molar-refractivity contribution >= 4 is 17.5 Å². The summed E-state index contributed by atoms with van der Waals surface area (Å²) in [4.78, 5) is 45.3. The standard InChI is InChI=1S/C27H30N6O2/c1-20(34)32-15-11-23-9-10-24(33(23)17-21-6-4-12-28-16-21)19-31(18-22-7-2-3-8-25(22)32)27(35)26-29-13-5-14-30-26/h2-8,12-14,16,23-24H,9-11,15,17-19H2,1H3. The summed E-state index contributed by atoms with van der Waals surface area (Å²) in [5.74, 6) is 0.00441. The van der Waals surface area contributed by atoms with Crippen LogP contribution >= 0.6 is 0 Å². The molecule has 8 heteroatoms. The topological polar surface area (TPSA) is 82.5 Å². The van der Waals surface area contributed by atoms with Crippen LogP contribution in [-0.2, 0) is 17.9 Å². The molecule has 4 heterocycles. The minimum atomic E-state index is -0.196. The highest BCUT2D eigenvalue weighted by molar-refractivity contribution is 5.93. The first kappa shape index (κ1) is 23.1. The highest BCUT2D eigenvalue weighted by atomic mass is 16.2. The molecule has 180 valence electrons. The molecule has 3 aromatic rings. The van der Waals surface area contributed by atoms with Gasteiger partial charge in [-0.25, -0.2) is 9.97 Å². The highest BCUT2D eigenvalue weighted by Gasteiger charge is 2.37. The summed E-state index contributed by atoms with van der Waals surface area (Å²) in [6.07, 6.45) is 9.78. The lowest BCUT2D eigenvalue weighted by Gasteiger charge is -2.33. The second kappa shape index (κ2) is 10.3. The SMILES string of the molecule is CC(=O)N1CCC2CCC(CN(C(=O)c3ncccn3)Cc3ccccc31)N2Cc1cccnc1. The number of rotatable bonds is 3. The van der Waals surface area contributed by atoms with E-state index in [-0.39, 0.29) is 23.7 Å². The van der Waals surface area contributed by atoms with Gasteiger partial charge in [0.2, 0.25) is 11.7 Å². The summed E-state index contributed by atoms with van der Waals surface area (Å²) in [7, 11) is 0. The van der Waals surface area contributed by atoms with E-state index in [1.807, 2.05) is 46.3 Å². The van der Waals surface area contributed by atoms with Crippen LogP contribution in [0.15, 0.2) is 67.3 Å². The Kier molecular flexibility index (Phi) is 6.81. The van der Waals surface area contributed by atoms with E-state index in [4.69, 9.17) is 0 Å². The second-order valence-corrected chi connectivity index (χ2v) is 9.26. The number of carbonyl (C=O) groups is 2. The van der Waals surface area contributed by atoms with Crippen LogP contribution in [0.5, 0.6) is 0 Å². The van der Waals surface area contributed by atoms with E-state index in [0.717, 1.165) is 42.6 Å². The molecule has 2 aliphatic heterocycles. The number of nitrogens with zero attached hydrogens (tertiary/aromatic N) is 6. The van der Waals surface area contributed by atoms with Gasteiger partial charge in [0.1, 0.15) is 0 Å². The second-order valence-electron chi connectivity index (χ2n) is 9.26. The van der Waals surface area contributed by atoms with E-state index in [1.165, 1.54) is 0 Å². The van der Waals surface area contributed by atoms with Crippen LogP contribution in [0.25, 0.3) is 0 Å². The zero-order chi connectivity index (χ0) is 24.2. The number of hydrogen-bond acceptors (Lipinski definition) is 6. The van der Waals surface area contributed by atoms with Crippen LogP contribution in [0.2, 0.25) is 0 Å². The Morgan fingerprint density at radius 2 is 1.74 bits per heavy atom. The van der Waals surface area contributed by atoms with Crippen molar-refractivity contribution in [2.45, 2.75) is 51.4 Å². The first-order chi connectivity index (χ1) is 17.1. The highest BCUT2D eigenvalue weighted by Crippen LogP contribution is 2.32. The summed E-state index contributed by atoms with van der Waals surface area (Å²) in [5.41, 5.74) is 2.96. The van der Waals surface area contributed by atoms with E-state index in [1.54, 1.807) is 31.6 Å². The van der Waals surface area contributed by atoms with Crippen molar-refractivity contribution in [2.75, 3.05) is 18.0 Å². The molecule has 0 aliphatic carbocycles. The minimum Gasteiger partial charge on any atom is -0.330 e. The van der Waals surface area contributed by atoms with Gasteiger partial charge >= 0.3 is 0 Å². The van der Waals surface area contributed by atoms with E-state index >= 15 is 0 Å². The van der Waals surface area contributed by atoms with Crippen molar-refractivity contribution in [3.63, 3.8) is 0 Å². The first-order valence-electron chi connectivity index (χ1n) is 12.2. The van der Waals surface area contributed by atoms with Crippen molar-refractivity contribution < 1.29 is 9.59 Å². The molecule has 2 aromatic heterocycles. The minimum absolute atomic E-state index is 0.00863. The summed E-state index contributed by atoms with van der Waals surface area (Å²) >= 11 is 0. The molecule has 8 nitrogen and oxygen atoms in total. The molecule has 35 heavy (non-hydrogen) atoms. The molecular formula is C27H30N6O2. The van der Waals surface area contributed by atoms with Gasteiger partial charge in [0.25, 0.3) is 5.91 Å². The molecule has 0 radical (unpaired) electrons. The molecule has 5 rings (SSSR count). The van der Waals surface area contributed by atoms with Crippen molar-refractivity contribution in [2.24, 2.45) is 0 Å².